The van der Waals surface area contributed by atoms with Crippen LogP contribution in [0.15, 0.2) is 72.8 Å². The van der Waals surface area contributed by atoms with Crippen LogP contribution in [-0.2, 0) is 6.61 Å². The van der Waals surface area contributed by atoms with Crippen LogP contribution in [0.1, 0.15) is 15.9 Å². The summed E-state index contributed by atoms with van der Waals surface area (Å²) in [5.41, 5.74) is 1.05. The van der Waals surface area contributed by atoms with Gasteiger partial charge in [0.1, 0.15) is 29.5 Å². The summed E-state index contributed by atoms with van der Waals surface area (Å²) in [5.74, 6) is -0.608. The fourth-order valence-electron chi connectivity index (χ4n) is 2.22. The Labute approximate surface area is 149 Å². The van der Waals surface area contributed by atoms with Gasteiger partial charge in [0.2, 0.25) is 0 Å². The van der Waals surface area contributed by atoms with Gasteiger partial charge in [0.25, 0.3) is 0 Å². The molecular weight excluding hydrogens is 343 g/mol. The Balaban J connectivity index is 1.76. The Morgan fingerprint density at radius 3 is 2.52 bits per heavy atom. The van der Waals surface area contributed by atoms with Gasteiger partial charge in [0.05, 0.1) is 0 Å². The first-order chi connectivity index (χ1) is 12.1. The Hall–Kier alpha value is -2.85. The topological polar surface area (TPSA) is 35.5 Å². The molecule has 3 rings (SSSR count). The summed E-state index contributed by atoms with van der Waals surface area (Å²) in [5, 5.41) is 0.585. The van der Waals surface area contributed by atoms with Crippen LogP contribution in [0.2, 0.25) is 5.02 Å². The van der Waals surface area contributed by atoms with Crippen LogP contribution >= 0.6 is 11.6 Å². The smallest absolute Gasteiger partial charge is 0.347 e. The number of rotatable bonds is 5. The molecule has 0 aliphatic heterocycles. The number of carbonyl (C=O) groups excluding carboxylic acids is 1. The lowest BCUT2D eigenvalue weighted by molar-refractivity contribution is 0.0729. The van der Waals surface area contributed by atoms with E-state index in [-0.39, 0.29) is 17.9 Å². The summed E-state index contributed by atoms with van der Waals surface area (Å²) in [6, 6.07) is 19.4. The average molecular weight is 357 g/mol. The molecule has 0 fully saturated rings. The van der Waals surface area contributed by atoms with Crippen molar-refractivity contribution in [2.45, 2.75) is 6.61 Å². The van der Waals surface area contributed by atoms with E-state index >= 15 is 0 Å². The van der Waals surface area contributed by atoms with E-state index in [1.807, 2.05) is 18.2 Å². The summed E-state index contributed by atoms with van der Waals surface area (Å²) in [6.07, 6.45) is 0. The second-order valence-corrected chi connectivity index (χ2v) is 5.63. The molecule has 0 bridgehead atoms. The molecule has 0 unspecified atom stereocenters. The van der Waals surface area contributed by atoms with Crippen molar-refractivity contribution in [3.05, 3.63) is 94.8 Å². The minimum atomic E-state index is -0.625. The molecule has 0 saturated carbocycles. The molecule has 0 aliphatic carbocycles. The number of halogens is 2. The summed E-state index contributed by atoms with van der Waals surface area (Å²) in [4.78, 5) is 12.4. The zero-order valence-electron chi connectivity index (χ0n) is 13.1. The van der Waals surface area contributed by atoms with Gasteiger partial charge in [-0.25, -0.2) is 9.18 Å². The minimum Gasteiger partial charge on any atom is -0.488 e. The van der Waals surface area contributed by atoms with E-state index in [9.17, 15) is 9.18 Å². The highest BCUT2D eigenvalue weighted by Crippen LogP contribution is 2.24. The molecule has 0 aliphatic rings. The maximum Gasteiger partial charge on any atom is 0.347 e. The van der Waals surface area contributed by atoms with Gasteiger partial charge >= 0.3 is 5.97 Å². The first kappa shape index (κ1) is 17.0. The number of hydrogen-bond donors (Lipinski definition) is 0. The Morgan fingerprint density at radius 1 is 0.960 bits per heavy atom. The van der Waals surface area contributed by atoms with Crippen molar-refractivity contribution in [1.29, 1.82) is 0 Å². The molecule has 0 aromatic heterocycles. The van der Waals surface area contributed by atoms with Gasteiger partial charge in [0.15, 0.2) is 0 Å². The monoisotopic (exact) mass is 356 g/mol. The van der Waals surface area contributed by atoms with E-state index in [4.69, 9.17) is 21.1 Å². The largest absolute Gasteiger partial charge is 0.488 e. The average Bonchev–Trinajstić information content (AvgIpc) is 2.61. The highest BCUT2D eigenvalue weighted by atomic mass is 35.5. The molecule has 0 heterocycles. The molecule has 5 heteroatoms. The van der Waals surface area contributed by atoms with Crippen LogP contribution in [0, 0.1) is 5.82 Å². The zero-order chi connectivity index (χ0) is 17.6. The molecule has 0 atom stereocenters. The van der Waals surface area contributed by atoms with Crippen molar-refractivity contribution in [1.82, 2.24) is 0 Å². The van der Waals surface area contributed by atoms with Crippen LogP contribution in [0.5, 0.6) is 11.5 Å². The maximum absolute atomic E-state index is 13.2. The molecular formula is C20H14ClFO3. The lowest BCUT2D eigenvalue weighted by atomic mass is 10.2. The molecule has 0 amide bonds. The van der Waals surface area contributed by atoms with Gasteiger partial charge in [0, 0.05) is 16.7 Å². The van der Waals surface area contributed by atoms with E-state index in [2.05, 4.69) is 0 Å². The zero-order valence-corrected chi connectivity index (χ0v) is 13.9. The number of hydrogen-bond acceptors (Lipinski definition) is 3. The third-order valence-corrected chi connectivity index (χ3v) is 3.82. The Bertz CT molecular complexity index is 895. The number of carbonyl (C=O) groups is 1. The van der Waals surface area contributed by atoms with Crippen molar-refractivity contribution < 1.29 is 18.7 Å². The molecule has 25 heavy (non-hydrogen) atoms. The van der Waals surface area contributed by atoms with Crippen LogP contribution in [-0.4, -0.2) is 5.97 Å². The van der Waals surface area contributed by atoms with Crippen molar-refractivity contribution in [3.8, 4) is 11.5 Å². The second-order valence-electron chi connectivity index (χ2n) is 5.22. The van der Waals surface area contributed by atoms with E-state index < -0.39 is 11.8 Å². The number of esters is 1. The minimum absolute atomic E-state index is 0.130. The molecule has 3 aromatic carbocycles. The van der Waals surface area contributed by atoms with Gasteiger partial charge in [-0.1, -0.05) is 48.0 Å². The highest BCUT2D eigenvalue weighted by molar-refractivity contribution is 6.31. The molecule has 0 radical (unpaired) electrons. The lowest BCUT2D eigenvalue weighted by Gasteiger charge is -2.12. The molecule has 3 nitrogen and oxygen atoms in total. The van der Waals surface area contributed by atoms with E-state index in [1.54, 1.807) is 30.3 Å². The van der Waals surface area contributed by atoms with Crippen molar-refractivity contribution >= 4 is 17.6 Å². The van der Waals surface area contributed by atoms with E-state index in [0.29, 0.717) is 10.8 Å². The van der Waals surface area contributed by atoms with E-state index in [0.717, 1.165) is 11.6 Å². The number of benzene rings is 3. The standard InChI is InChI=1S/C20H14ClFO3/c21-18-10-3-1-6-14(18)13-24-19-11-4-2-9-17(19)20(23)25-16-8-5-7-15(22)12-16/h1-12H,13H2. The highest BCUT2D eigenvalue weighted by Gasteiger charge is 2.15. The SMILES string of the molecule is O=C(Oc1cccc(F)c1)c1ccccc1OCc1ccccc1Cl. The quantitative estimate of drug-likeness (QED) is 0.461. The maximum atomic E-state index is 13.2. The molecule has 0 saturated heterocycles. The third-order valence-electron chi connectivity index (χ3n) is 3.45. The molecule has 126 valence electrons. The first-order valence-corrected chi connectivity index (χ1v) is 7.94. The molecule has 3 aromatic rings. The second kappa shape index (κ2) is 7.81. The van der Waals surface area contributed by atoms with Gasteiger partial charge in [-0.2, -0.15) is 0 Å². The Morgan fingerprint density at radius 2 is 1.72 bits per heavy atom. The van der Waals surface area contributed by atoms with E-state index in [1.165, 1.54) is 18.2 Å². The Kier molecular flexibility index (Phi) is 5.31. The summed E-state index contributed by atoms with van der Waals surface area (Å²) in [6.45, 7) is 0.212. The van der Waals surface area contributed by atoms with Crippen LogP contribution in [0.3, 0.4) is 0 Å². The number of ether oxygens (including phenoxy) is 2. The van der Waals surface area contributed by atoms with Gasteiger partial charge in [-0.3, -0.25) is 0 Å². The van der Waals surface area contributed by atoms with Crippen molar-refractivity contribution in [2.75, 3.05) is 0 Å². The normalized spacial score (nSPS) is 10.3. The van der Waals surface area contributed by atoms with Crippen LogP contribution in [0.25, 0.3) is 0 Å². The van der Waals surface area contributed by atoms with Gasteiger partial charge in [-0.05, 0) is 30.3 Å². The summed E-state index contributed by atoms with van der Waals surface area (Å²) < 4.78 is 24.2. The fraction of sp³-hybridized carbons (Fsp3) is 0.0500. The van der Waals surface area contributed by atoms with Gasteiger partial charge < -0.3 is 9.47 Å². The number of para-hydroxylation sites is 1. The molecule has 0 spiro atoms. The fourth-order valence-corrected chi connectivity index (χ4v) is 2.41. The third kappa shape index (κ3) is 4.37. The molecule has 0 N–H and O–H groups in total. The van der Waals surface area contributed by atoms with Crippen molar-refractivity contribution in [3.63, 3.8) is 0 Å². The van der Waals surface area contributed by atoms with Crippen LogP contribution in [0.4, 0.5) is 4.39 Å². The predicted octanol–water partition coefficient (Wildman–Crippen LogP) is 5.28. The predicted molar refractivity (Wildman–Crippen MR) is 93.6 cm³/mol. The summed E-state index contributed by atoms with van der Waals surface area (Å²) in [7, 11) is 0. The van der Waals surface area contributed by atoms with Crippen LogP contribution < -0.4 is 9.47 Å². The summed E-state index contributed by atoms with van der Waals surface area (Å²) >= 11 is 6.11. The van der Waals surface area contributed by atoms with Gasteiger partial charge in [-0.15, -0.1) is 0 Å². The first-order valence-electron chi connectivity index (χ1n) is 7.56. The van der Waals surface area contributed by atoms with Crippen molar-refractivity contribution in [2.24, 2.45) is 0 Å². The lowest BCUT2D eigenvalue weighted by Crippen LogP contribution is -2.11.